The Kier molecular flexibility index (Phi) is 4.60. The molecule has 102 valence electrons. The third-order valence-corrected chi connectivity index (χ3v) is 5.88. The van der Waals surface area contributed by atoms with Crippen LogP contribution in [0, 0.1) is 17.2 Å². The second kappa shape index (κ2) is 6.00. The van der Waals surface area contributed by atoms with Gasteiger partial charge in [-0.1, -0.05) is 6.42 Å². The minimum absolute atomic E-state index is 0.278. The zero-order valence-corrected chi connectivity index (χ0v) is 11.5. The van der Waals surface area contributed by atoms with Crippen LogP contribution in [0.3, 0.4) is 0 Å². The van der Waals surface area contributed by atoms with Crippen molar-refractivity contribution in [2.75, 3.05) is 26.2 Å². The van der Waals surface area contributed by atoms with Crippen LogP contribution < -0.4 is 0 Å². The Morgan fingerprint density at radius 2 is 1.89 bits per heavy atom. The minimum atomic E-state index is -3.33. The van der Waals surface area contributed by atoms with Crippen molar-refractivity contribution >= 4 is 10.2 Å². The van der Waals surface area contributed by atoms with Crippen molar-refractivity contribution < 1.29 is 8.42 Å². The van der Waals surface area contributed by atoms with E-state index in [4.69, 9.17) is 5.26 Å². The second-order valence-electron chi connectivity index (χ2n) is 5.18. The van der Waals surface area contributed by atoms with Gasteiger partial charge in [0, 0.05) is 32.6 Å². The largest absolute Gasteiger partial charge is 0.282 e. The number of rotatable bonds is 6. The van der Waals surface area contributed by atoms with Crippen LogP contribution in [0.2, 0.25) is 0 Å². The molecule has 0 spiro atoms. The van der Waals surface area contributed by atoms with Gasteiger partial charge in [0.15, 0.2) is 0 Å². The highest BCUT2D eigenvalue weighted by Crippen LogP contribution is 2.29. The molecular formula is C12H21N3O2S. The molecule has 0 radical (unpaired) electrons. The smallest absolute Gasteiger partial charge is 0.198 e. The fourth-order valence-electron chi connectivity index (χ4n) is 2.52. The van der Waals surface area contributed by atoms with E-state index in [0.717, 1.165) is 25.7 Å². The fourth-order valence-corrected chi connectivity index (χ4v) is 4.29. The molecule has 1 saturated carbocycles. The van der Waals surface area contributed by atoms with E-state index < -0.39 is 10.2 Å². The molecule has 2 fully saturated rings. The summed E-state index contributed by atoms with van der Waals surface area (Å²) < 4.78 is 28.0. The summed E-state index contributed by atoms with van der Waals surface area (Å²) in [5.41, 5.74) is 0. The van der Waals surface area contributed by atoms with Crippen molar-refractivity contribution in [2.45, 2.75) is 38.5 Å². The highest BCUT2D eigenvalue weighted by molar-refractivity contribution is 7.86. The Hall–Kier alpha value is -0.640. The molecule has 0 amide bonds. The first-order valence-corrected chi connectivity index (χ1v) is 8.16. The van der Waals surface area contributed by atoms with Crippen LogP contribution in [-0.2, 0) is 10.2 Å². The summed E-state index contributed by atoms with van der Waals surface area (Å²) in [7, 11) is -3.33. The highest BCUT2D eigenvalue weighted by Gasteiger charge is 2.33. The van der Waals surface area contributed by atoms with Crippen molar-refractivity contribution in [3.05, 3.63) is 0 Å². The summed E-state index contributed by atoms with van der Waals surface area (Å²) in [5, 5.41) is 8.67. The van der Waals surface area contributed by atoms with Gasteiger partial charge in [-0.15, -0.1) is 0 Å². The minimum Gasteiger partial charge on any atom is -0.198 e. The molecule has 0 atom stereocenters. The SMILES string of the molecule is N#CCCN(CC1CCC1)S(=O)(=O)N1CCCC1. The first kappa shape index (κ1) is 13.8. The van der Waals surface area contributed by atoms with E-state index in [-0.39, 0.29) is 6.42 Å². The van der Waals surface area contributed by atoms with E-state index >= 15 is 0 Å². The lowest BCUT2D eigenvalue weighted by molar-refractivity contribution is 0.238. The summed E-state index contributed by atoms with van der Waals surface area (Å²) in [5.74, 6) is 0.501. The van der Waals surface area contributed by atoms with E-state index in [0.29, 0.717) is 32.1 Å². The lowest BCUT2D eigenvalue weighted by atomic mass is 9.85. The van der Waals surface area contributed by atoms with Crippen molar-refractivity contribution in [3.63, 3.8) is 0 Å². The number of hydrogen-bond donors (Lipinski definition) is 0. The predicted molar refractivity (Wildman–Crippen MR) is 68.9 cm³/mol. The normalized spacial score (nSPS) is 22.0. The molecular weight excluding hydrogens is 250 g/mol. The van der Waals surface area contributed by atoms with Gasteiger partial charge in [0.25, 0.3) is 10.2 Å². The van der Waals surface area contributed by atoms with Crippen molar-refractivity contribution in [1.82, 2.24) is 8.61 Å². The number of nitrogens with zero attached hydrogens (tertiary/aromatic N) is 3. The van der Waals surface area contributed by atoms with Crippen LogP contribution in [0.5, 0.6) is 0 Å². The maximum Gasteiger partial charge on any atom is 0.282 e. The average molecular weight is 271 g/mol. The zero-order chi connectivity index (χ0) is 13.0. The standard InChI is InChI=1S/C12H21N3O2S/c13-7-4-10-15(11-12-5-3-6-12)18(16,17)14-8-1-2-9-14/h12H,1-6,8-11H2. The van der Waals surface area contributed by atoms with Crippen molar-refractivity contribution in [3.8, 4) is 6.07 Å². The van der Waals surface area contributed by atoms with Crippen LogP contribution in [0.4, 0.5) is 0 Å². The maximum atomic E-state index is 12.5. The molecule has 6 heteroatoms. The molecule has 1 aliphatic carbocycles. The molecule has 18 heavy (non-hydrogen) atoms. The molecule has 5 nitrogen and oxygen atoms in total. The first-order valence-electron chi connectivity index (χ1n) is 6.77. The van der Waals surface area contributed by atoms with Crippen molar-refractivity contribution in [1.29, 1.82) is 5.26 Å². The lowest BCUT2D eigenvalue weighted by Crippen LogP contribution is -2.45. The summed E-state index contributed by atoms with van der Waals surface area (Å²) in [4.78, 5) is 0. The Morgan fingerprint density at radius 1 is 1.22 bits per heavy atom. The Morgan fingerprint density at radius 3 is 2.39 bits per heavy atom. The molecule has 0 bridgehead atoms. The molecule has 0 aromatic rings. The quantitative estimate of drug-likeness (QED) is 0.732. The molecule has 0 N–H and O–H groups in total. The van der Waals surface area contributed by atoms with Crippen LogP contribution in [0.1, 0.15) is 38.5 Å². The van der Waals surface area contributed by atoms with E-state index in [1.165, 1.54) is 10.7 Å². The van der Waals surface area contributed by atoms with Crippen LogP contribution >= 0.6 is 0 Å². The summed E-state index contributed by atoms with van der Waals surface area (Å²) in [6.45, 7) is 2.21. The van der Waals surface area contributed by atoms with E-state index in [9.17, 15) is 8.42 Å². The zero-order valence-electron chi connectivity index (χ0n) is 10.7. The molecule has 1 heterocycles. The number of hydrogen-bond acceptors (Lipinski definition) is 3. The number of nitriles is 1. The molecule has 0 aromatic heterocycles. The van der Waals surface area contributed by atoms with Crippen LogP contribution in [0.25, 0.3) is 0 Å². The topological polar surface area (TPSA) is 64.4 Å². The molecule has 0 unspecified atom stereocenters. The van der Waals surface area contributed by atoms with Gasteiger partial charge in [0.05, 0.1) is 6.07 Å². The highest BCUT2D eigenvalue weighted by atomic mass is 32.2. The Bertz CT molecular complexity index is 406. The molecule has 2 rings (SSSR count). The van der Waals surface area contributed by atoms with E-state index in [1.54, 1.807) is 4.31 Å². The molecule has 1 saturated heterocycles. The van der Waals surface area contributed by atoms with Gasteiger partial charge < -0.3 is 0 Å². The Balaban J connectivity index is 2.02. The summed E-state index contributed by atoms with van der Waals surface area (Å²) in [6.07, 6.45) is 5.64. The maximum absolute atomic E-state index is 12.5. The molecule has 2 aliphatic rings. The summed E-state index contributed by atoms with van der Waals surface area (Å²) in [6, 6.07) is 2.05. The van der Waals surface area contributed by atoms with Gasteiger partial charge in [0.1, 0.15) is 0 Å². The third kappa shape index (κ3) is 3.02. The molecule has 1 aliphatic heterocycles. The van der Waals surface area contributed by atoms with Gasteiger partial charge in [-0.05, 0) is 31.6 Å². The van der Waals surface area contributed by atoms with Crippen LogP contribution in [0.15, 0.2) is 0 Å². The second-order valence-corrected chi connectivity index (χ2v) is 7.11. The predicted octanol–water partition coefficient (Wildman–Crippen LogP) is 1.34. The van der Waals surface area contributed by atoms with Gasteiger partial charge >= 0.3 is 0 Å². The summed E-state index contributed by atoms with van der Waals surface area (Å²) >= 11 is 0. The first-order chi connectivity index (χ1) is 8.64. The fraction of sp³-hybridized carbons (Fsp3) is 0.917. The van der Waals surface area contributed by atoms with Crippen LogP contribution in [-0.4, -0.2) is 43.2 Å². The van der Waals surface area contributed by atoms with E-state index in [1.807, 2.05) is 6.07 Å². The van der Waals surface area contributed by atoms with Gasteiger partial charge in [-0.2, -0.15) is 22.3 Å². The molecule has 0 aromatic carbocycles. The Labute approximate surface area is 110 Å². The van der Waals surface area contributed by atoms with Gasteiger partial charge in [0.2, 0.25) is 0 Å². The van der Waals surface area contributed by atoms with Gasteiger partial charge in [-0.3, -0.25) is 0 Å². The van der Waals surface area contributed by atoms with Crippen molar-refractivity contribution in [2.24, 2.45) is 5.92 Å². The van der Waals surface area contributed by atoms with Gasteiger partial charge in [-0.25, -0.2) is 0 Å². The van der Waals surface area contributed by atoms with E-state index in [2.05, 4.69) is 0 Å². The third-order valence-electron chi connectivity index (χ3n) is 3.88. The lowest BCUT2D eigenvalue weighted by Gasteiger charge is -2.33. The monoisotopic (exact) mass is 271 g/mol. The average Bonchev–Trinajstić information content (AvgIpc) is 2.80.